The highest BCUT2D eigenvalue weighted by molar-refractivity contribution is 6.30. The fraction of sp³-hybridized carbons (Fsp3) is 0.500. The predicted octanol–water partition coefficient (Wildman–Crippen LogP) is 2.34. The van der Waals surface area contributed by atoms with E-state index in [-0.39, 0.29) is 25.5 Å². The van der Waals surface area contributed by atoms with Crippen LogP contribution in [0.4, 0.5) is 0 Å². The number of hydrogen-bond donors (Lipinski definition) is 1. The van der Waals surface area contributed by atoms with Crippen LogP contribution < -0.4 is 4.74 Å². The fourth-order valence-electron chi connectivity index (χ4n) is 1.42. The lowest BCUT2D eigenvalue weighted by Crippen LogP contribution is -2.47. The number of ether oxygens (including phenoxy) is 1. The molecule has 0 unspecified atom stereocenters. The van der Waals surface area contributed by atoms with Gasteiger partial charge < -0.3 is 14.7 Å². The van der Waals surface area contributed by atoms with Crippen LogP contribution in [0.5, 0.6) is 5.75 Å². The maximum atomic E-state index is 11.9. The molecule has 0 saturated carbocycles. The smallest absolute Gasteiger partial charge is 0.226 e. The standard InChI is InChI=1S/C14H20ClNO3/c1-14(2,10-17)16(3)13(18)7-8-19-12-6-4-5-11(15)9-12/h4-6,9,17H,7-8,10H2,1-3H3. The molecule has 0 saturated heterocycles. The number of aliphatic hydroxyl groups is 1. The van der Waals surface area contributed by atoms with Crippen molar-refractivity contribution in [2.24, 2.45) is 0 Å². The largest absolute Gasteiger partial charge is 0.493 e. The van der Waals surface area contributed by atoms with Crippen molar-refractivity contribution in [3.63, 3.8) is 0 Å². The number of aliphatic hydroxyl groups excluding tert-OH is 1. The number of benzene rings is 1. The third-order valence-corrected chi connectivity index (χ3v) is 3.28. The molecule has 0 aliphatic rings. The van der Waals surface area contributed by atoms with Crippen LogP contribution in [0.2, 0.25) is 5.02 Å². The maximum Gasteiger partial charge on any atom is 0.226 e. The summed E-state index contributed by atoms with van der Waals surface area (Å²) in [5.74, 6) is 0.574. The summed E-state index contributed by atoms with van der Waals surface area (Å²) in [6, 6.07) is 7.04. The predicted molar refractivity (Wildman–Crippen MR) is 75.5 cm³/mol. The molecule has 106 valence electrons. The van der Waals surface area contributed by atoms with Gasteiger partial charge in [-0.2, -0.15) is 0 Å². The highest BCUT2D eigenvalue weighted by atomic mass is 35.5. The molecular weight excluding hydrogens is 266 g/mol. The first-order valence-corrected chi connectivity index (χ1v) is 6.50. The molecule has 0 atom stereocenters. The summed E-state index contributed by atoms with van der Waals surface area (Å²) in [4.78, 5) is 13.5. The van der Waals surface area contributed by atoms with Gasteiger partial charge in [-0.3, -0.25) is 4.79 Å². The Labute approximate surface area is 118 Å². The quantitative estimate of drug-likeness (QED) is 0.873. The van der Waals surface area contributed by atoms with E-state index in [4.69, 9.17) is 16.3 Å². The fourth-order valence-corrected chi connectivity index (χ4v) is 1.60. The minimum atomic E-state index is -0.562. The molecule has 1 rings (SSSR count). The van der Waals surface area contributed by atoms with Crippen molar-refractivity contribution in [3.8, 4) is 5.75 Å². The molecule has 19 heavy (non-hydrogen) atoms. The van der Waals surface area contributed by atoms with Gasteiger partial charge in [0.2, 0.25) is 5.91 Å². The SMILES string of the molecule is CN(C(=O)CCOc1cccc(Cl)c1)C(C)(C)CO. The highest BCUT2D eigenvalue weighted by Gasteiger charge is 2.26. The van der Waals surface area contributed by atoms with Gasteiger partial charge in [0.25, 0.3) is 0 Å². The first-order chi connectivity index (χ1) is 8.86. The van der Waals surface area contributed by atoms with Crippen molar-refractivity contribution >= 4 is 17.5 Å². The van der Waals surface area contributed by atoms with E-state index in [0.717, 1.165) is 0 Å². The van der Waals surface area contributed by atoms with E-state index in [1.165, 1.54) is 4.90 Å². The third kappa shape index (κ3) is 4.73. The van der Waals surface area contributed by atoms with Crippen LogP contribution in [0.3, 0.4) is 0 Å². The third-order valence-electron chi connectivity index (χ3n) is 3.05. The summed E-state index contributed by atoms with van der Waals surface area (Å²) in [5.41, 5.74) is -0.562. The molecule has 5 heteroatoms. The highest BCUT2D eigenvalue weighted by Crippen LogP contribution is 2.17. The molecule has 0 heterocycles. The number of halogens is 1. The van der Waals surface area contributed by atoms with E-state index >= 15 is 0 Å². The molecule has 0 fully saturated rings. The second kappa shape index (κ2) is 6.78. The Bertz CT molecular complexity index is 434. The normalized spacial score (nSPS) is 11.2. The van der Waals surface area contributed by atoms with Crippen molar-refractivity contribution in [1.29, 1.82) is 0 Å². The topological polar surface area (TPSA) is 49.8 Å². The second-order valence-electron chi connectivity index (χ2n) is 4.98. The van der Waals surface area contributed by atoms with Crippen LogP contribution in [0.1, 0.15) is 20.3 Å². The van der Waals surface area contributed by atoms with Crippen LogP contribution in [0.25, 0.3) is 0 Å². The second-order valence-corrected chi connectivity index (χ2v) is 5.42. The van der Waals surface area contributed by atoms with Gasteiger partial charge >= 0.3 is 0 Å². The first kappa shape index (κ1) is 15.8. The van der Waals surface area contributed by atoms with E-state index < -0.39 is 5.54 Å². The summed E-state index contributed by atoms with van der Waals surface area (Å²) in [6.07, 6.45) is 0.256. The minimum absolute atomic E-state index is 0.0684. The van der Waals surface area contributed by atoms with Crippen LogP contribution in [-0.4, -0.2) is 41.7 Å². The van der Waals surface area contributed by atoms with Crippen LogP contribution in [0.15, 0.2) is 24.3 Å². The lowest BCUT2D eigenvalue weighted by atomic mass is 10.0. The van der Waals surface area contributed by atoms with Crippen molar-refractivity contribution < 1.29 is 14.6 Å². The molecular formula is C14H20ClNO3. The molecule has 1 amide bonds. The van der Waals surface area contributed by atoms with Gasteiger partial charge in [-0.25, -0.2) is 0 Å². The molecule has 0 spiro atoms. The van der Waals surface area contributed by atoms with Gasteiger partial charge in [0.1, 0.15) is 5.75 Å². The Kier molecular flexibility index (Phi) is 5.63. The zero-order valence-electron chi connectivity index (χ0n) is 11.5. The zero-order chi connectivity index (χ0) is 14.5. The van der Waals surface area contributed by atoms with Crippen LogP contribution >= 0.6 is 11.6 Å². The summed E-state index contributed by atoms with van der Waals surface area (Å²) in [5, 5.41) is 9.81. The number of nitrogens with zero attached hydrogens (tertiary/aromatic N) is 1. The Balaban J connectivity index is 2.43. The van der Waals surface area contributed by atoms with E-state index in [1.807, 2.05) is 13.8 Å². The summed E-state index contributed by atoms with van der Waals surface area (Å²) in [7, 11) is 1.68. The van der Waals surface area contributed by atoms with E-state index in [9.17, 15) is 9.90 Å². The van der Waals surface area contributed by atoms with Crippen LogP contribution in [0, 0.1) is 0 Å². The summed E-state index contributed by atoms with van der Waals surface area (Å²) >= 11 is 5.83. The van der Waals surface area contributed by atoms with Crippen LogP contribution in [-0.2, 0) is 4.79 Å². The average molecular weight is 286 g/mol. The number of carbonyl (C=O) groups is 1. The minimum Gasteiger partial charge on any atom is -0.493 e. The van der Waals surface area contributed by atoms with Crippen molar-refractivity contribution in [1.82, 2.24) is 4.90 Å². The molecule has 4 nitrogen and oxygen atoms in total. The Morgan fingerprint density at radius 3 is 2.74 bits per heavy atom. The van der Waals surface area contributed by atoms with Crippen molar-refractivity contribution in [2.45, 2.75) is 25.8 Å². The summed E-state index contributed by atoms with van der Waals surface area (Å²) in [6.45, 7) is 3.82. The molecule has 1 aromatic carbocycles. The number of likely N-dealkylation sites (N-methyl/N-ethyl adjacent to an activating group) is 1. The van der Waals surface area contributed by atoms with E-state index in [1.54, 1.807) is 31.3 Å². The number of hydrogen-bond acceptors (Lipinski definition) is 3. The van der Waals surface area contributed by atoms with Gasteiger partial charge in [-0.15, -0.1) is 0 Å². The Hall–Kier alpha value is -1.26. The lowest BCUT2D eigenvalue weighted by Gasteiger charge is -2.34. The number of carbonyl (C=O) groups excluding carboxylic acids is 1. The lowest BCUT2D eigenvalue weighted by molar-refractivity contribution is -0.136. The molecule has 0 aliphatic carbocycles. The maximum absolute atomic E-state index is 11.9. The monoisotopic (exact) mass is 285 g/mol. The molecule has 0 bridgehead atoms. The van der Waals surface area contributed by atoms with Crippen molar-refractivity contribution in [2.75, 3.05) is 20.3 Å². The van der Waals surface area contributed by atoms with Gasteiger partial charge in [0, 0.05) is 12.1 Å². The number of amides is 1. The average Bonchev–Trinajstić information content (AvgIpc) is 2.37. The van der Waals surface area contributed by atoms with Gasteiger partial charge in [0.05, 0.1) is 25.2 Å². The van der Waals surface area contributed by atoms with Gasteiger partial charge in [-0.1, -0.05) is 17.7 Å². The van der Waals surface area contributed by atoms with Crippen molar-refractivity contribution in [3.05, 3.63) is 29.3 Å². The molecule has 0 aromatic heterocycles. The molecule has 1 N–H and O–H groups in total. The molecule has 0 aliphatic heterocycles. The first-order valence-electron chi connectivity index (χ1n) is 6.13. The van der Waals surface area contributed by atoms with E-state index in [0.29, 0.717) is 10.8 Å². The number of rotatable bonds is 6. The Morgan fingerprint density at radius 2 is 2.16 bits per heavy atom. The molecule has 1 aromatic rings. The molecule has 0 radical (unpaired) electrons. The van der Waals surface area contributed by atoms with Gasteiger partial charge in [-0.05, 0) is 32.0 Å². The Morgan fingerprint density at radius 1 is 1.47 bits per heavy atom. The summed E-state index contributed by atoms with van der Waals surface area (Å²) < 4.78 is 5.46. The zero-order valence-corrected chi connectivity index (χ0v) is 12.3. The van der Waals surface area contributed by atoms with Gasteiger partial charge in [0.15, 0.2) is 0 Å². The van der Waals surface area contributed by atoms with E-state index in [2.05, 4.69) is 0 Å².